The molecule has 98 valence electrons. The maximum atomic E-state index is 12.2. The molecule has 3 heteroatoms. The van der Waals surface area contributed by atoms with Gasteiger partial charge in [0.25, 0.3) is 0 Å². The van der Waals surface area contributed by atoms with Gasteiger partial charge in [0.1, 0.15) is 5.75 Å². The lowest BCUT2D eigenvalue weighted by molar-refractivity contribution is 0.0817. The van der Waals surface area contributed by atoms with E-state index in [2.05, 4.69) is 22.6 Å². The molecule has 0 aliphatic heterocycles. The number of rotatable bonds is 4. The molecule has 2 nitrogen and oxygen atoms in total. The summed E-state index contributed by atoms with van der Waals surface area (Å²) >= 11 is 2.20. The van der Waals surface area contributed by atoms with E-state index < -0.39 is 6.10 Å². The molecule has 2 rings (SSSR count). The average Bonchev–Trinajstić information content (AvgIpc) is 2.41. The Bertz CT molecular complexity index is 576. The van der Waals surface area contributed by atoms with Crippen LogP contribution in [0.3, 0.4) is 0 Å². The predicted molar refractivity (Wildman–Crippen MR) is 84.8 cm³/mol. The van der Waals surface area contributed by atoms with Crippen molar-refractivity contribution < 1.29 is 9.53 Å². The van der Waals surface area contributed by atoms with Gasteiger partial charge in [0.05, 0.1) is 3.57 Å². The van der Waals surface area contributed by atoms with Gasteiger partial charge in [-0.05, 0) is 48.6 Å². The van der Waals surface area contributed by atoms with E-state index in [0.717, 1.165) is 14.9 Å². The van der Waals surface area contributed by atoms with Gasteiger partial charge in [0.2, 0.25) is 5.78 Å². The third-order valence-corrected chi connectivity index (χ3v) is 3.74. The minimum Gasteiger partial charge on any atom is -0.481 e. The lowest BCUT2D eigenvalue weighted by Gasteiger charge is -2.15. The zero-order valence-corrected chi connectivity index (χ0v) is 13.0. The summed E-state index contributed by atoms with van der Waals surface area (Å²) in [7, 11) is 0. The van der Waals surface area contributed by atoms with Crippen LogP contribution in [0.25, 0.3) is 0 Å². The normalized spacial score (nSPS) is 11.9. The zero-order valence-electron chi connectivity index (χ0n) is 10.9. The van der Waals surface area contributed by atoms with Crippen molar-refractivity contribution in [1.82, 2.24) is 0 Å². The van der Waals surface area contributed by atoms with Crippen molar-refractivity contribution in [3.8, 4) is 5.75 Å². The van der Waals surface area contributed by atoms with Crippen molar-refractivity contribution in [3.05, 3.63) is 63.2 Å². The molecule has 0 aliphatic carbocycles. The van der Waals surface area contributed by atoms with E-state index in [0.29, 0.717) is 5.56 Å². The fourth-order valence-electron chi connectivity index (χ4n) is 1.74. The number of aryl methyl sites for hydroxylation is 1. The van der Waals surface area contributed by atoms with E-state index in [9.17, 15) is 4.79 Å². The number of carbonyl (C=O) groups is 1. The van der Waals surface area contributed by atoms with Crippen molar-refractivity contribution in [2.45, 2.75) is 20.0 Å². The number of ether oxygens (including phenoxy) is 1. The Balaban J connectivity index is 2.12. The first kappa shape index (κ1) is 14.1. The van der Waals surface area contributed by atoms with Crippen LogP contribution in [0.15, 0.2) is 48.5 Å². The van der Waals surface area contributed by atoms with E-state index in [4.69, 9.17) is 4.74 Å². The molecule has 0 bridgehead atoms. The lowest BCUT2D eigenvalue weighted by Crippen LogP contribution is -2.24. The SMILES string of the molecule is Cc1ccc(C(=O)C(C)Oc2ccccc2I)cc1. The van der Waals surface area contributed by atoms with Crippen LogP contribution in [-0.4, -0.2) is 11.9 Å². The van der Waals surface area contributed by atoms with Crippen LogP contribution in [0.4, 0.5) is 0 Å². The molecule has 0 amide bonds. The summed E-state index contributed by atoms with van der Waals surface area (Å²) < 4.78 is 6.74. The molecule has 19 heavy (non-hydrogen) atoms. The summed E-state index contributed by atoms with van der Waals surface area (Å²) in [5.41, 5.74) is 1.83. The van der Waals surface area contributed by atoms with E-state index in [1.165, 1.54) is 0 Å². The molecule has 1 unspecified atom stereocenters. The van der Waals surface area contributed by atoms with Crippen LogP contribution in [0.1, 0.15) is 22.8 Å². The lowest BCUT2D eigenvalue weighted by atomic mass is 10.1. The average molecular weight is 366 g/mol. The smallest absolute Gasteiger partial charge is 0.202 e. The minimum atomic E-state index is -0.487. The third-order valence-electron chi connectivity index (χ3n) is 2.85. The van der Waals surface area contributed by atoms with Gasteiger partial charge in [-0.2, -0.15) is 0 Å². The summed E-state index contributed by atoms with van der Waals surface area (Å²) in [5.74, 6) is 0.746. The van der Waals surface area contributed by atoms with Crippen molar-refractivity contribution in [2.24, 2.45) is 0 Å². The molecule has 0 saturated heterocycles. The highest BCUT2D eigenvalue weighted by atomic mass is 127. The van der Waals surface area contributed by atoms with Crippen LogP contribution < -0.4 is 4.74 Å². The number of carbonyl (C=O) groups excluding carboxylic acids is 1. The quantitative estimate of drug-likeness (QED) is 0.597. The van der Waals surface area contributed by atoms with E-state index >= 15 is 0 Å². The number of para-hydroxylation sites is 1. The number of hydrogen-bond acceptors (Lipinski definition) is 2. The Morgan fingerprint density at radius 1 is 1.11 bits per heavy atom. The van der Waals surface area contributed by atoms with Crippen LogP contribution in [0, 0.1) is 10.5 Å². The molecule has 0 N–H and O–H groups in total. The van der Waals surface area contributed by atoms with Crippen molar-refractivity contribution >= 4 is 28.4 Å². The second-order valence-corrected chi connectivity index (χ2v) is 5.58. The molecule has 1 atom stereocenters. The Morgan fingerprint density at radius 3 is 2.37 bits per heavy atom. The molecule has 0 saturated carbocycles. The summed E-state index contributed by atoms with van der Waals surface area (Å²) in [6.07, 6.45) is -0.487. The fourth-order valence-corrected chi connectivity index (χ4v) is 2.25. The molecule has 0 fully saturated rings. The van der Waals surface area contributed by atoms with Gasteiger partial charge in [0.15, 0.2) is 6.10 Å². The predicted octanol–water partition coefficient (Wildman–Crippen LogP) is 4.25. The maximum Gasteiger partial charge on any atom is 0.202 e. The molecule has 0 heterocycles. The molecule has 0 radical (unpaired) electrons. The molecule has 2 aromatic rings. The van der Waals surface area contributed by atoms with Gasteiger partial charge in [-0.15, -0.1) is 0 Å². The van der Waals surface area contributed by atoms with Crippen molar-refractivity contribution in [2.75, 3.05) is 0 Å². The number of Topliss-reactive ketones (excluding diaryl/α,β-unsaturated/α-hetero) is 1. The first-order chi connectivity index (χ1) is 9.08. The highest BCUT2D eigenvalue weighted by Crippen LogP contribution is 2.21. The van der Waals surface area contributed by atoms with E-state index in [1.807, 2.05) is 55.5 Å². The Labute approximate surface area is 126 Å². The van der Waals surface area contributed by atoms with Gasteiger partial charge in [-0.25, -0.2) is 0 Å². The van der Waals surface area contributed by atoms with Crippen LogP contribution >= 0.6 is 22.6 Å². The highest BCUT2D eigenvalue weighted by Gasteiger charge is 2.17. The molecule has 0 spiro atoms. The van der Waals surface area contributed by atoms with E-state index in [1.54, 1.807) is 6.92 Å². The van der Waals surface area contributed by atoms with E-state index in [-0.39, 0.29) is 5.78 Å². The van der Waals surface area contributed by atoms with Gasteiger partial charge in [-0.1, -0.05) is 42.0 Å². The standard InChI is InChI=1S/C16H15IO2/c1-11-7-9-13(10-8-11)16(18)12(2)19-15-6-4-3-5-14(15)17/h3-10,12H,1-2H3. The van der Waals surface area contributed by atoms with Crippen molar-refractivity contribution in [1.29, 1.82) is 0 Å². The topological polar surface area (TPSA) is 26.3 Å². The van der Waals surface area contributed by atoms with Crippen LogP contribution in [0.5, 0.6) is 5.75 Å². The number of halogens is 1. The maximum absolute atomic E-state index is 12.2. The highest BCUT2D eigenvalue weighted by molar-refractivity contribution is 14.1. The molecular formula is C16H15IO2. The molecule has 0 aromatic heterocycles. The minimum absolute atomic E-state index is 0.000321. The first-order valence-electron chi connectivity index (χ1n) is 6.10. The van der Waals surface area contributed by atoms with Gasteiger partial charge >= 0.3 is 0 Å². The summed E-state index contributed by atoms with van der Waals surface area (Å²) in [6, 6.07) is 15.2. The van der Waals surface area contributed by atoms with Crippen LogP contribution in [0.2, 0.25) is 0 Å². The number of hydrogen-bond donors (Lipinski definition) is 0. The second-order valence-electron chi connectivity index (χ2n) is 4.42. The summed E-state index contributed by atoms with van der Waals surface area (Å²) in [4.78, 5) is 12.2. The van der Waals surface area contributed by atoms with Gasteiger partial charge < -0.3 is 4.74 Å². The second kappa shape index (κ2) is 6.19. The zero-order chi connectivity index (χ0) is 13.8. The molecular weight excluding hydrogens is 351 g/mol. The van der Waals surface area contributed by atoms with Gasteiger partial charge in [-0.3, -0.25) is 4.79 Å². The van der Waals surface area contributed by atoms with Crippen molar-refractivity contribution in [3.63, 3.8) is 0 Å². The fraction of sp³-hybridized carbons (Fsp3) is 0.188. The Morgan fingerprint density at radius 2 is 1.74 bits per heavy atom. The number of ketones is 1. The monoisotopic (exact) mass is 366 g/mol. The Hall–Kier alpha value is -1.36. The third kappa shape index (κ3) is 3.56. The molecule has 0 aliphatic rings. The molecule has 2 aromatic carbocycles. The summed E-state index contributed by atoms with van der Waals surface area (Å²) in [6.45, 7) is 3.78. The van der Waals surface area contributed by atoms with Crippen LogP contribution in [-0.2, 0) is 0 Å². The summed E-state index contributed by atoms with van der Waals surface area (Å²) in [5, 5.41) is 0. The van der Waals surface area contributed by atoms with Gasteiger partial charge in [0, 0.05) is 5.56 Å². The largest absolute Gasteiger partial charge is 0.481 e. The number of benzene rings is 2. The Kier molecular flexibility index (Phi) is 4.58. The first-order valence-corrected chi connectivity index (χ1v) is 7.18.